The third-order valence-electron chi connectivity index (χ3n) is 5.96. The van der Waals surface area contributed by atoms with Crippen LogP contribution in [-0.2, 0) is 16.1 Å². The van der Waals surface area contributed by atoms with Gasteiger partial charge < -0.3 is 19.3 Å². The molecule has 3 heterocycles. The fourth-order valence-corrected chi connectivity index (χ4v) is 4.25. The standard InChI is InChI=1S/C23H28N4O4/c1-30-19-5-6-21(31-2)20(13-19)27-16-18(12-22(27)28)23(29)26-10-8-25(9-11-26)15-17-4-3-7-24-14-17/h3-7,13-14,18H,8-12,15-16H2,1-2H3. The van der Waals surface area contributed by atoms with Crippen molar-refractivity contribution >= 4 is 17.5 Å². The van der Waals surface area contributed by atoms with Crippen molar-refractivity contribution in [2.75, 3.05) is 51.8 Å². The maximum absolute atomic E-state index is 13.1. The molecule has 8 heteroatoms. The Morgan fingerprint density at radius 2 is 1.94 bits per heavy atom. The fourth-order valence-electron chi connectivity index (χ4n) is 4.25. The molecule has 2 fully saturated rings. The Bertz CT molecular complexity index is 928. The van der Waals surface area contributed by atoms with Gasteiger partial charge in [-0.2, -0.15) is 0 Å². The van der Waals surface area contributed by atoms with Crippen molar-refractivity contribution in [2.45, 2.75) is 13.0 Å². The summed E-state index contributed by atoms with van der Waals surface area (Å²) in [4.78, 5) is 35.9. The molecule has 0 aliphatic carbocycles. The first-order valence-electron chi connectivity index (χ1n) is 10.5. The van der Waals surface area contributed by atoms with Gasteiger partial charge in [0.05, 0.1) is 25.8 Å². The van der Waals surface area contributed by atoms with E-state index in [0.29, 0.717) is 36.8 Å². The maximum Gasteiger partial charge on any atom is 0.228 e. The minimum atomic E-state index is -0.340. The van der Waals surface area contributed by atoms with Gasteiger partial charge in [-0.15, -0.1) is 0 Å². The van der Waals surface area contributed by atoms with Crippen LogP contribution in [0.1, 0.15) is 12.0 Å². The van der Waals surface area contributed by atoms with Crippen molar-refractivity contribution in [3.63, 3.8) is 0 Å². The lowest BCUT2D eigenvalue weighted by molar-refractivity contribution is -0.137. The summed E-state index contributed by atoms with van der Waals surface area (Å²) in [6.07, 6.45) is 3.87. The number of aromatic nitrogens is 1. The van der Waals surface area contributed by atoms with Gasteiger partial charge in [0.2, 0.25) is 11.8 Å². The highest BCUT2D eigenvalue weighted by molar-refractivity contribution is 6.01. The molecular weight excluding hydrogens is 396 g/mol. The predicted octanol–water partition coefficient (Wildman–Crippen LogP) is 1.80. The number of carbonyl (C=O) groups excluding carboxylic acids is 2. The molecule has 4 rings (SSSR count). The largest absolute Gasteiger partial charge is 0.497 e. The van der Waals surface area contributed by atoms with Gasteiger partial charge >= 0.3 is 0 Å². The summed E-state index contributed by atoms with van der Waals surface area (Å²) in [7, 11) is 3.15. The molecule has 31 heavy (non-hydrogen) atoms. The first-order valence-corrected chi connectivity index (χ1v) is 10.5. The summed E-state index contributed by atoms with van der Waals surface area (Å²) in [5.74, 6) is 0.876. The molecule has 0 N–H and O–H groups in total. The van der Waals surface area contributed by atoms with Crippen LogP contribution < -0.4 is 14.4 Å². The molecule has 1 aromatic carbocycles. The van der Waals surface area contributed by atoms with Crippen molar-refractivity contribution in [1.82, 2.24) is 14.8 Å². The second kappa shape index (κ2) is 9.34. The third-order valence-corrected chi connectivity index (χ3v) is 5.96. The molecule has 0 saturated carbocycles. The molecule has 164 valence electrons. The molecule has 2 aromatic rings. The number of hydrogen-bond donors (Lipinski definition) is 0. The smallest absolute Gasteiger partial charge is 0.228 e. The highest BCUT2D eigenvalue weighted by Gasteiger charge is 2.39. The molecule has 0 bridgehead atoms. The molecule has 0 radical (unpaired) electrons. The molecule has 2 aliphatic heterocycles. The van der Waals surface area contributed by atoms with E-state index in [1.165, 1.54) is 5.56 Å². The number of hydrogen-bond acceptors (Lipinski definition) is 6. The second-order valence-electron chi connectivity index (χ2n) is 7.91. The molecule has 1 atom stereocenters. The zero-order valence-corrected chi connectivity index (χ0v) is 18.0. The number of benzene rings is 1. The lowest BCUT2D eigenvalue weighted by Crippen LogP contribution is -2.50. The van der Waals surface area contributed by atoms with E-state index in [1.54, 1.807) is 43.5 Å². The van der Waals surface area contributed by atoms with Gasteiger partial charge in [-0.05, 0) is 23.8 Å². The van der Waals surface area contributed by atoms with E-state index in [1.807, 2.05) is 17.2 Å². The number of rotatable bonds is 6. The fraction of sp³-hybridized carbons (Fsp3) is 0.435. The number of carbonyl (C=O) groups is 2. The molecule has 2 saturated heterocycles. The Morgan fingerprint density at radius 3 is 2.61 bits per heavy atom. The van der Waals surface area contributed by atoms with Crippen LogP contribution >= 0.6 is 0 Å². The van der Waals surface area contributed by atoms with Crippen LogP contribution in [0.15, 0.2) is 42.7 Å². The predicted molar refractivity (Wildman–Crippen MR) is 116 cm³/mol. The molecule has 8 nitrogen and oxygen atoms in total. The Kier molecular flexibility index (Phi) is 6.36. The van der Waals surface area contributed by atoms with Crippen molar-refractivity contribution in [3.8, 4) is 11.5 Å². The van der Waals surface area contributed by atoms with Crippen LogP contribution in [0, 0.1) is 5.92 Å². The monoisotopic (exact) mass is 424 g/mol. The van der Waals surface area contributed by atoms with E-state index in [2.05, 4.69) is 16.0 Å². The lowest BCUT2D eigenvalue weighted by atomic mass is 10.1. The van der Waals surface area contributed by atoms with Gasteiger partial charge in [-0.3, -0.25) is 19.5 Å². The normalized spacial score (nSPS) is 19.5. The van der Waals surface area contributed by atoms with Gasteiger partial charge in [-0.1, -0.05) is 6.07 Å². The number of piperazine rings is 1. The summed E-state index contributed by atoms with van der Waals surface area (Å²) >= 11 is 0. The van der Waals surface area contributed by atoms with Crippen molar-refractivity contribution in [2.24, 2.45) is 5.92 Å². The van der Waals surface area contributed by atoms with Crippen LogP contribution in [0.25, 0.3) is 0 Å². The van der Waals surface area contributed by atoms with Crippen LogP contribution in [0.4, 0.5) is 5.69 Å². The summed E-state index contributed by atoms with van der Waals surface area (Å²) in [5, 5.41) is 0. The van der Waals surface area contributed by atoms with Crippen LogP contribution in [0.3, 0.4) is 0 Å². The van der Waals surface area contributed by atoms with Gasteiger partial charge in [0.25, 0.3) is 0 Å². The Hall–Kier alpha value is -3.13. The zero-order chi connectivity index (χ0) is 21.8. The van der Waals surface area contributed by atoms with E-state index in [-0.39, 0.29) is 24.2 Å². The first kappa shape index (κ1) is 21.1. The number of methoxy groups -OCH3 is 2. The Labute approximate surface area is 182 Å². The van der Waals surface area contributed by atoms with Gasteiger partial charge in [0, 0.05) is 64.1 Å². The second-order valence-corrected chi connectivity index (χ2v) is 7.91. The van der Waals surface area contributed by atoms with Gasteiger partial charge in [-0.25, -0.2) is 0 Å². The zero-order valence-electron chi connectivity index (χ0n) is 18.0. The molecule has 0 spiro atoms. The highest BCUT2D eigenvalue weighted by Crippen LogP contribution is 2.36. The van der Waals surface area contributed by atoms with Crippen molar-refractivity contribution in [1.29, 1.82) is 0 Å². The van der Waals surface area contributed by atoms with Crippen LogP contribution in [0.5, 0.6) is 11.5 Å². The molecule has 1 unspecified atom stereocenters. The average Bonchev–Trinajstić information content (AvgIpc) is 3.20. The summed E-state index contributed by atoms with van der Waals surface area (Å²) < 4.78 is 10.7. The van der Waals surface area contributed by atoms with E-state index in [9.17, 15) is 9.59 Å². The maximum atomic E-state index is 13.1. The topological polar surface area (TPSA) is 75.2 Å². The summed E-state index contributed by atoms with van der Waals surface area (Å²) in [6, 6.07) is 9.35. The number of pyridine rings is 1. The molecular formula is C23H28N4O4. The number of amides is 2. The lowest BCUT2D eigenvalue weighted by Gasteiger charge is -2.35. The van der Waals surface area contributed by atoms with Gasteiger partial charge in [0.15, 0.2) is 0 Å². The highest BCUT2D eigenvalue weighted by atomic mass is 16.5. The minimum absolute atomic E-state index is 0.0544. The molecule has 2 amide bonds. The minimum Gasteiger partial charge on any atom is -0.497 e. The summed E-state index contributed by atoms with van der Waals surface area (Å²) in [5.41, 5.74) is 1.81. The molecule has 2 aliphatic rings. The Morgan fingerprint density at radius 1 is 1.13 bits per heavy atom. The van der Waals surface area contributed by atoms with Gasteiger partial charge in [0.1, 0.15) is 11.5 Å². The quantitative estimate of drug-likeness (QED) is 0.704. The van der Waals surface area contributed by atoms with Crippen molar-refractivity contribution < 1.29 is 19.1 Å². The number of ether oxygens (including phenoxy) is 2. The summed E-state index contributed by atoms with van der Waals surface area (Å²) in [6.45, 7) is 4.17. The van der Waals surface area contributed by atoms with Crippen molar-refractivity contribution in [3.05, 3.63) is 48.3 Å². The Balaban J connectivity index is 1.37. The first-order chi connectivity index (χ1) is 15.1. The third kappa shape index (κ3) is 4.64. The number of nitrogens with zero attached hydrogens (tertiary/aromatic N) is 4. The van der Waals surface area contributed by atoms with E-state index >= 15 is 0 Å². The average molecular weight is 425 g/mol. The number of anilines is 1. The molecule has 1 aromatic heterocycles. The van der Waals surface area contributed by atoms with E-state index in [4.69, 9.17) is 9.47 Å². The van der Waals surface area contributed by atoms with E-state index in [0.717, 1.165) is 19.6 Å². The van der Waals surface area contributed by atoms with Crippen LogP contribution in [-0.4, -0.2) is 73.5 Å². The van der Waals surface area contributed by atoms with Crippen LogP contribution in [0.2, 0.25) is 0 Å². The van der Waals surface area contributed by atoms with E-state index < -0.39 is 0 Å². The SMILES string of the molecule is COc1ccc(OC)c(N2CC(C(=O)N3CCN(Cc4cccnc4)CC3)CC2=O)c1.